The average molecular weight is 442 g/mol. The Kier molecular flexibility index (Phi) is 7.13. The largest absolute Gasteiger partial charge is 0.466 e. The molecule has 2 atom stereocenters. The van der Waals surface area contributed by atoms with Crippen LogP contribution in [0.4, 0.5) is 0 Å². The summed E-state index contributed by atoms with van der Waals surface area (Å²) in [4.78, 5) is 25.6. The van der Waals surface area contributed by atoms with Crippen molar-refractivity contribution in [3.63, 3.8) is 0 Å². The monoisotopic (exact) mass is 441 g/mol. The average Bonchev–Trinajstić information content (AvgIpc) is 2.71. The Morgan fingerprint density at radius 2 is 1.89 bits per heavy atom. The van der Waals surface area contributed by atoms with Crippen LogP contribution in [-0.4, -0.2) is 25.7 Å². The van der Waals surface area contributed by atoms with Crippen molar-refractivity contribution in [1.29, 1.82) is 5.26 Å². The minimum absolute atomic E-state index is 0.0148. The van der Waals surface area contributed by atoms with Gasteiger partial charge in [-0.3, -0.25) is 0 Å². The zero-order valence-corrected chi connectivity index (χ0v) is 17.2. The number of halogens is 1. The number of esters is 2. The van der Waals surface area contributed by atoms with Gasteiger partial charge >= 0.3 is 11.9 Å². The maximum absolute atomic E-state index is 13.2. The van der Waals surface area contributed by atoms with Gasteiger partial charge in [0.05, 0.1) is 19.8 Å². The molecule has 2 rings (SSSR count). The second-order valence-corrected chi connectivity index (χ2v) is 6.93. The normalized spacial score (nSPS) is 13.5. The fraction of sp³-hybridized carbons (Fsp3) is 0.227. The maximum Gasteiger partial charge on any atom is 0.333 e. The van der Waals surface area contributed by atoms with Crippen LogP contribution in [0.5, 0.6) is 0 Å². The van der Waals surface area contributed by atoms with Gasteiger partial charge in [0.1, 0.15) is 0 Å². The molecule has 0 aliphatic carbocycles. The van der Waals surface area contributed by atoms with Gasteiger partial charge in [-0.25, -0.2) is 9.59 Å². The molecule has 6 heteroatoms. The van der Waals surface area contributed by atoms with Gasteiger partial charge < -0.3 is 9.47 Å². The number of nitrogens with zero attached hydrogens (tertiary/aromatic N) is 1. The van der Waals surface area contributed by atoms with Crippen LogP contribution in [0.25, 0.3) is 0 Å². The smallest absolute Gasteiger partial charge is 0.333 e. The Bertz CT molecular complexity index is 920. The van der Waals surface area contributed by atoms with E-state index >= 15 is 0 Å². The molecule has 0 N–H and O–H groups in total. The zero-order valence-electron chi connectivity index (χ0n) is 15.6. The number of ether oxygens (including phenoxy) is 2. The summed E-state index contributed by atoms with van der Waals surface area (Å²) >= 11 is 3.40. The molecule has 144 valence electrons. The fourth-order valence-electron chi connectivity index (χ4n) is 3.17. The molecule has 2 aromatic carbocycles. The summed E-state index contributed by atoms with van der Waals surface area (Å²) in [6.07, 6.45) is 0. The first-order valence-corrected chi connectivity index (χ1v) is 9.38. The first kappa shape index (κ1) is 21.4. The van der Waals surface area contributed by atoms with Gasteiger partial charge in [0.25, 0.3) is 0 Å². The van der Waals surface area contributed by atoms with Gasteiger partial charge in [0.2, 0.25) is 0 Å². The first-order chi connectivity index (χ1) is 13.4. The van der Waals surface area contributed by atoms with E-state index in [1.807, 2.05) is 6.07 Å². The van der Waals surface area contributed by atoms with E-state index in [4.69, 9.17) is 9.47 Å². The summed E-state index contributed by atoms with van der Waals surface area (Å²) in [6, 6.07) is 17.7. The number of methoxy groups -OCH3 is 1. The molecule has 0 amide bonds. The number of carbonyl (C=O) groups excluding carboxylic acids is 2. The van der Waals surface area contributed by atoms with Crippen LogP contribution in [0.2, 0.25) is 0 Å². The minimum Gasteiger partial charge on any atom is -0.466 e. The van der Waals surface area contributed by atoms with Crippen molar-refractivity contribution in [2.45, 2.75) is 18.3 Å². The highest BCUT2D eigenvalue weighted by atomic mass is 79.9. The number of hydrogen-bond donors (Lipinski definition) is 0. The third-order valence-corrected chi connectivity index (χ3v) is 4.91. The fourth-order valence-corrected chi connectivity index (χ4v) is 3.59. The van der Waals surface area contributed by atoms with Crippen LogP contribution in [0.15, 0.2) is 71.2 Å². The van der Waals surface area contributed by atoms with Crippen molar-refractivity contribution in [3.8, 4) is 6.07 Å². The lowest BCUT2D eigenvalue weighted by Gasteiger charge is -2.34. The third-order valence-electron chi connectivity index (χ3n) is 4.41. The Morgan fingerprint density at radius 3 is 2.43 bits per heavy atom. The first-order valence-electron chi connectivity index (χ1n) is 8.58. The van der Waals surface area contributed by atoms with Crippen molar-refractivity contribution in [1.82, 2.24) is 0 Å². The lowest BCUT2D eigenvalue weighted by Crippen LogP contribution is -2.44. The minimum atomic E-state index is -1.82. The number of rotatable bonds is 7. The van der Waals surface area contributed by atoms with E-state index in [-0.39, 0.29) is 12.2 Å². The second kappa shape index (κ2) is 9.34. The molecule has 0 aliphatic heterocycles. The lowest BCUT2D eigenvalue weighted by molar-refractivity contribution is -0.148. The molecule has 0 heterocycles. The van der Waals surface area contributed by atoms with Crippen LogP contribution in [-0.2, 0) is 24.5 Å². The Balaban J connectivity index is 2.85. The standard InChI is InChI=1S/C22H20BrNO4/c1-4-28-21(26)22(14-24,17-10-6-5-7-11-17)19(15(2)20(25)27-3)16-9-8-12-18(23)13-16/h5-13,19H,2,4H2,1,3H3. The molecule has 2 aromatic rings. The second-order valence-electron chi connectivity index (χ2n) is 6.01. The summed E-state index contributed by atoms with van der Waals surface area (Å²) in [6.45, 7) is 5.61. The maximum atomic E-state index is 13.2. The van der Waals surface area contributed by atoms with Crippen LogP contribution in [0, 0.1) is 11.3 Å². The highest BCUT2D eigenvalue weighted by molar-refractivity contribution is 9.10. The molecule has 0 aliphatic rings. The summed E-state index contributed by atoms with van der Waals surface area (Å²) in [5.41, 5.74) is -0.864. The Hall–Kier alpha value is -2.91. The van der Waals surface area contributed by atoms with Crippen molar-refractivity contribution in [2.75, 3.05) is 13.7 Å². The van der Waals surface area contributed by atoms with Gasteiger partial charge in [-0.05, 0) is 30.2 Å². The molecular weight excluding hydrogens is 422 g/mol. The third kappa shape index (κ3) is 4.00. The van der Waals surface area contributed by atoms with Crippen LogP contribution in [0.1, 0.15) is 24.0 Å². The summed E-state index contributed by atoms with van der Waals surface area (Å²) in [7, 11) is 1.23. The molecule has 0 aromatic heterocycles. The van der Waals surface area contributed by atoms with E-state index in [1.54, 1.807) is 55.5 Å². The summed E-state index contributed by atoms with van der Waals surface area (Å²) < 4.78 is 10.9. The molecule has 0 saturated carbocycles. The van der Waals surface area contributed by atoms with E-state index in [2.05, 4.69) is 28.6 Å². The van der Waals surface area contributed by atoms with Crippen molar-refractivity contribution >= 4 is 27.9 Å². The van der Waals surface area contributed by atoms with Crippen LogP contribution >= 0.6 is 15.9 Å². The molecule has 0 fully saturated rings. The van der Waals surface area contributed by atoms with Gasteiger partial charge in [-0.1, -0.05) is 65.0 Å². The summed E-state index contributed by atoms with van der Waals surface area (Å²) in [5, 5.41) is 10.3. The van der Waals surface area contributed by atoms with Gasteiger partial charge in [-0.15, -0.1) is 0 Å². The molecule has 0 saturated heterocycles. The van der Waals surface area contributed by atoms with Crippen molar-refractivity contribution in [3.05, 3.63) is 82.3 Å². The van der Waals surface area contributed by atoms with Gasteiger partial charge in [0, 0.05) is 16.0 Å². The molecule has 0 radical (unpaired) electrons. The SMILES string of the molecule is C=C(C(=O)OC)C(c1cccc(Br)c1)C(C#N)(C(=O)OCC)c1ccccc1. The zero-order chi connectivity index (χ0) is 20.7. The molecular formula is C22H20BrNO4. The van der Waals surface area contributed by atoms with Gasteiger partial charge in [-0.2, -0.15) is 5.26 Å². The molecule has 5 nitrogen and oxygen atoms in total. The lowest BCUT2D eigenvalue weighted by atomic mass is 9.65. The number of carbonyl (C=O) groups is 2. The predicted molar refractivity (Wildman–Crippen MR) is 108 cm³/mol. The van der Waals surface area contributed by atoms with Crippen molar-refractivity contribution < 1.29 is 19.1 Å². The summed E-state index contributed by atoms with van der Waals surface area (Å²) in [5.74, 6) is -2.47. The predicted octanol–water partition coefficient (Wildman–Crippen LogP) is 4.29. The number of hydrogen-bond acceptors (Lipinski definition) is 5. The molecule has 28 heavy (non-hydrogen) atoms. The Labute approximate surface area is 172 Å². The topological polar surface area (TPSA) is 76.4 Å². The van der Waals surface area contributed by atoms with Crippen LogP contribution < -0.4 is 0 Å². The number of benzene rings is 2. The van der Waals surface area contributed by atoms with E-state index in [0.717, 1.165) is 4.47 Å². The van der Waals surface area contributed by atoms with Crippen molar-refractivity contribution in [2.24, 2.45) is 0 Å². The van der Waals surface area contributed by atoms with E-state index in [9.17, 15) is 14.9 Å². The highest BCUT2D eigenvalue weighted by Gasteiger charge is 2.52. The molecule has 0 spiro atoms. The van der Waals surface area contributed by atoms with E-state index < -0.39 is 23.3 Å². The molecule has 2 unspecified atom stereocenters. The van der Waals surface area contributed by atoms with E-state index in [1.165, 1.54) is 7.11 Å². The van der Waals surface area contributed by atoms with Crippen LogP contribution in [0.3, 0.4) is 0 Å². The Morgan fingerprint density at radius 1 is 1.21 bits per heavy atom. The quantitative estimate of drug-likeness (QED) is 0.473. The highest BCUT2D eigenvalue weighted by Crippen LogP contribution is 2.45. The number of nitriles is 1. The van der Waals surface area contributed by atoms with Gasteiger partial charge in [0.15, 0.2) is 5.41 Å². The van der Waals surface area contributed by atoms with E-state index in [0.29, 0.717) is 11.1 Å². The molecule has 0 bridgehead atoms.